The van der Waals surface area contributed by atoms with Gasteiger partial charge in [0.15, 0.2) is 0 Å². The molecule has 1 aromatic carbocycles. The number of piperazine rings is 1. The number of rotatable bonds is 3. The molecule has 1 aliphatic rings. The van der Waals surface area contributed by atoms with Crippen LogP contribution in [0.5, 0.6) is 0 Å². The summed E-state index contributed by atoms with van der Waals surface area (Å²) < 4.78 is 1.49. The summed E-state index contributed by atoms with van der Waals surface area (Å²) in [5, 5.41) is 19.5. The molecule has 1 amide bonds. The van der Waals surface area contributed by atoms with Gasteiger partial charge in [0.25, 0.3) is 5.56 Å². The van der Waals surface area contributed by atoms with Crippen molar-refractivity contribution in [3.8, 4) is 0 Å². The van der Waals surface area contributed by atoms with E-state index in [-0.39, 0.29) is 18.7 Å². The fraction of sp³-hybridized carbons (Fsp3) is 0.375. The van der Waals surface area contributed by atoms with Crippen LogP contribution in [0.15, 0.2) is 35.3 Å². The first-order valence-electron chi connectivity index (χ1n) is 7.57. The van der Waals surface area contributed by atoms with Crippen LogP contribution in [-0.2, 0) is 6.54 Å². The predicted octanol–water partition coefficient (Wildman–Crippen LogP) is 0.794. The molecule has 0 atom stereocenters. The molecule has 2 N–H and O–H groups in total. The second kappa shape index (κ2) is 6.29. The highest BCUT2D eigenvalue weighted by molar-refractivity contribution is 5.85. The van der Waals surface area contributed by atoms with Crippen molar-refractivity contribution in [2.45, 2.75) is 6.54 Å². The number of benzene rings is 1. The molecule has 0 bridgehead atoms. The minimum absolute atomic E-state index is 0.0811. The SMILES string of the molecule is O=C(O)N1CCN(c2ccc3ccn(CCO)c(=O)c3c2)CC1. The highest BCUT2D eigenvalue weighted by Crippen LogP contribution is 2.21. The van der Waals surface area contributed by atoms with Gasteiger partial charge >= 0.3 is 6.09 Å². The summed E-state index contributed by atoms with van der Waals surface area (Å²) in [5.74, 6) is 0. The number of anilines is 1. The number of aliphatic hydroxyl groups excluding tert-OH is 1. The second-order valence-electron chi connectivity index (χ2n) is 5.57. The Hall–Kier alpha value is -2.54. The largest absolute Gasteiger partial charge is 0.465 e. The zero-order chi connectivity index (χ0) is 16.4. The van der Waals surface area contributed by atoms with E-state index in [9.17, 15) is 9.59 Å². The Kier molecular flexibility index (Phi) is 4.20. The molecule has 1 fully saturated rings. The predicted molar refractivity (Wildman–Crippen MR) is 87.1 cm³/mol. The summed E-state index contributed by atoms with van der Waals surface area (Å²) in [6.45, 7) is 2.32. The number of hydrogen-bond acceptors (Lipinski definition) is 4. The molecule has 0 unspecified atom stereocenters. The molecule has 3 rings (SSSR count). The average Bonchev–Trinajstić information content (AvgIpc) is 2.57. The maximum Gasteiger partial charge on any atom is 0.407 e. The standard InChI is InChI=1S/C16H19N3O4/c20-10-9-18-4-3-12-1-2-13(11-14(12)15(18)21)17-5-7-19(8-6-17)16(22)23/h1-4,11,20H,5-10H2,(H,22,23). The lowest BCUT2D eigenvalue weighted by Gasteiger charge is -2.34. The van der Waals surface area contributed by atoms with E-state index >= 15 is 0 Å². The number of carboxylic acid groups (broad SMARTS) is 1. The normalized spacial score (nSPS) is 15.2. The van der Waals surface area contributed by atoms with Gasteiger partial charge in [0.2, 0.25) is 0 Å². The topological polar surface area (TPSA) is 86.0 Å². The molecule has 1 saturated heterocycles. The number of aromatic nitrogens is 1. The van der Waals surface area contributed by atoms with Gasteiger partial charge in [-0.1, -0.05) is 6.07 Å². The van der Waals surface area contributed by atoms with Crippen LogP contribution in [0.4, 0.5) is 10.5 Å². The van der Waals surface area contributed by atoms with E-state index in [1.54, 1.807) is 6.20 Å². The third-order valence-corrected chi connectivity index (χ3v) is 4.22. The number of hydrogen-bond donors (Lipinski definition) is 2. The van der Waals surface area contributed by atoms with Crippen molar-refractivity contribution in [3.63, 3.8) is 0 Å². The Morgan fingerprint density at radius 2 is 1.87 bits per heavy atom. The Labute approximate surface area is 133 Å². The van der Waals surface area contributed by atoms with E-state index in [4.69, 9.17) is 10.2 Å². The molecule has 0 aliphatic carbocycles. The van der Waals surface area contributed by atoms with E-state index in [0.29, 0.717) is 31.6 Å². The van der Waals surface area contributed by atoms with Gasteiger partial charge in [-0.2, -0.15) is 0 Å². The van der Waals surface area contributed by atoms with Crippen LogP contribution < -0.4 is 10.5 Å². The van der Waals surface area contributed by atoms with Gasteiger partial charge in [-0.3, -0.25) is 4.79 Å². The summed E-state index contributed by atoms with van der Waals surface area (Å²) in [6.07, 6.45) is 0.793. The van der Waals surface area contributed by atoms with Crippen LogP contribution in [0.2, 0.25) is 0 Å². The van der Waals surface area contributed by atoms with Crippen LogP contribution in [0.25, 0.3) is 10.8 Å². The van der Waals surface area contributed by atoms with Crippen molar-refractivity contribution < 1.29 is 15.0 Å². The Bertz CT molecular complexity index is 778. The molecule has 1 aliphatic heterocycles. The number of aliphatic hydroxyl groups is 1. The fourth-order valence-electron chi connectivity index (χ4n) is 2.90. The second-order valence-corrected chi connectivity index (χ2v) is 5.57. The van der Waals surface area contributed by atoms with Crippen LogP contribution in [0.3, 0.4) is 0 Å². The maximum atomic E-state index is 12.4. The molecule has 2 heterocycles. The zero-order valence-electron chi connectivity index (χ0n) is 12.7. The van der Waals surface area contributed by atoms with E-state index < -0.39 is 6.09 Å². The van der Waals surface area contributed by atoms with Gasteiger partial charge in [0.1, 0.15) is 0 Å². The Morgan fingerprint density at radius 1 is 1.13 bits per heavy atom. The smallest absolute Gasteiger partial charge is 0.407 e. The van der Waals surface area contributed by atoms with Gasteiger partial charge in [0, 0.05) is 50.0 Å². The number of amides is 1. The minimum atomic E-state index is -0.893. The monoisotopic (exact) mass is 317 g/mol. The summed E-state index contributed by atoms with van der Waals surface area (Å²) in [6, 6.07) is 7.56. The Morgan fingerprint density at radius 3 is 2.52 bits per heavy atom. The van der Waals surface area contributed by atoms with Gasteiger partial charge in [-0.25, -0.2) is 4.79 Å². The molecule has 0 spiro atoms. The molecule has 23 heavy (non-hydrogen) atoms. The third-order valence-electron chi connectivity index (χ3n) is 4.22. The molecule has 0 saturated carbocycles. The molecule has 7 nitrogen and oxygen atoms in total. The highest BCUT2D eigenvalue weighted by Gasteiger charge is 2.20. The third kappa shape index (κ3) is 3.00. The van der Waals surface area contributed by atoms with Crippen LogP contribution in [0.1, 0.15) is 0 Å². The van der Waals surface area contributed by atoms with Crippen molar-refractivity contribution >= 4 is 22.6 Å². The summed E-state index contributed by atoms with van der Waals surface area (Å²) in [4.78, 5) is 26.9. The summed E-state index contributed by atoms with van der Waals surface area (Å²) >= 11 is 0. The molecular formula is C16H19N3O4. The van der Waals surface area contributed by atoms with Gasteiger partial charge in [-0.05, 0) is 23.6 Å². The first-order valence-corrected chi connectivity index (χ1v) is 7.57. The van der Waals surface area contributed by atoms with Crippen LogP contribution in [0, 0.1) is 0 Å². The molecule has 1 aromatic heterocycles. The number of nitrogens with zero attached hydrogens (tertiary/aromatic N) is 3. The van der Waals surface area contributed by atoms with Crippen molar-refractivity contribution in [1.29, 1.82) is 0 Å². The van der Waals surface area contributed by atoms with E-state index in [1.807, 2.05) is 24.3 Å². The molecule has 0 radical (unpaired) electrons. The lowest BCUT2D eigenvalue weighted by atomic mass is 10.1. The van der Waals surface area contributed by atoms with E-state index in [2.05, 4.69) is 4.90 Å². The quantitative estimate of drug-likeness (QED) is 0.874. The summed E-state index contributed by atoms with van der Waals surface area (Å²) in [5.41, 5.74) is 0.795. The first kappa shape index (κ1) is 15.4. The highest BCUT2D eigenvalue weighted by atomic mass is 16.4. The van der Waals surface area contributed by atoms with Crippen molar-refractivity contribution in [2.75, 3.05) is 37.7 Å². The number of fused-ring (bicyclic) bond motifs is 1. The van der Waals surface area contributed by atoms with Crippen LogP contribution >= 0.6 is 0 Å². The molecular weight excluding hydrogens is 298 g/mol. The van der Waals surface area contributed by atoms with Gasteiger partial charge in [0.05, 0.1) is 6.61 Å². The number of carbonyl (C=O) groups is 1. The molecule has 7 heteroatoms. The number of pyridine rings is 1. The lowest BCUT2D eigenvalue weighted by molar-refractivity contribution is 0.142. The Balaban J connectivity index is 1.89. The average molecular weight is 317 g/mol. The zero-order valence-corrected chi connectivity index (χ0v) is 12.7. The van der Waals surface area contributed by atoms with E-state index in [0.717, 1.165) is 11.1 Å². The van der Waals surface area contributed by atoms with Crippen molar-refractivity contribution in [2.24, 2.45) is 0 Å². The summed E-state index contributed by atoms with van der Waals surface area (Å²) in [7, 11) is 0. The van der Waals surface area contributed by atoms with Gasteiger partial charge in [-0.15, -0.1) is 0 Å². The maximum absolute atomic E-state index is 12.4. The molecule has 122 valence electrons. The van der Waals surface area contributed by atoms with E-state index in [1.165, 1.54) is 9.47 Å². The van der Waals surface area contributed by atoms with Crippen molar-refractivity contribution in [3.05, 3.63) is 40.8 Å². The van der Waals surface area contributed by atoms with Crippen molar-refractivity contribution in [1.82, 2.24) is 9.47 Å². The minimum Gasteiger partial charge on any atom is -0.465 e. The lowest BCUT2D eigenvalue weighted by Crippen LogP contribution is -2.48. The molecule has 2 aromatic rings. The van der Waals surface area contributed by atoms with Gasteiger partial charge < -0.3 is 24.6 Å². The first-order chi connectivity index (χ1) is 11.1. The fourth-order valence-corrected chi connectivity index (χ4v) is 2.90. The van der Waals surface area contributed by atoms with Crippen LogP contribution in [-0.4, -0.2) is 58.6 Å².